The van der Waals surface area contributed by atoms with Crippen LogP contribution in [0.3, 0.4) is 0 Å². The molecule has 0 heterocycles. The molecule has 1 saturated carbocycles. The Kier molecular flexibility index (Phi) is 7.08. The number of thioether (sulfide) groups is 1. The molecule has 0 aliphatic heterocycles. The van der Waals surface area contributed by atoms with Crippen LogP contribution in [0.2, 0.25) is 0 Å². The molecule has 0 bridgehead atoms. The fourth-order valence-electron chi connectivity index (χ4n) is 3.27. The second kappa shape index (κ2) is 7.79. The van der Waals surface area contributed by atoms with E-state index in [0.29, 0.717) is 11.5 Å². The van der Waals surface area contributed by atoms with E-state index in [1.165, 1.54) is 44.4 Å². The van der Waals surface area contributed by atoms with Gasteiger partial charge in [0.15, 0.2) is 0 Å². The lowest BCUT2D eigenvalue weighted by Gasteiger charge is -2.41. The first-order valence-electron chi connectivity index (χ1n) is 7.67. The van der Waals surface area contributed by atoms with E-state index in [-0.39, 0.29) is 0 Å². The largest absolute Gasteiger partial charge is 0.314 e. The van der Waals surface area contributed by atoms with E-state index in [4.69, 9.17) is 0 Å². The highest BCUT2D eigenvalue weighted by molar-refractivity contribution is 7.98. The van der Waals surface area contributed by atoms with Crippen LogP contribution in [0.25, 0.3) is 0 Å². The molecule has 18 heavy (non-hydrogen) atoms. The first kappa shape index (κ1) is 16.4. The summed E-state index contributed by atoms with van der Waals surface area (Å²) < 4.78 is 0. The molecule has 0 aromatic heterocycles. The van der Waals surface area contributed by atoms with Crippen molar-refractivity contribution in [1.29, 1.82) is 0 Å². The van der Waals surface area contributed by atoms with Gasteiger partial charge in [0.1, 0.15) is 0 Å². The molecule has 0 aromatic carbocycles. The number of nitrogens with one attached hydrogen (secondary N) is 1. The van der Waals surface area contributed by atoms with Crippen LogP contribution in [0.1, 0.15) is 59.8 Å². The summed E-state index contributed by atoms with van der Waals surface area (Å²) >= 11 is 1.99. The molecule has 1 nitrogen and oxygen atoms in total. The van der Waals surface area contributed by atoms with Gasteiger partial charge in [-0.05, 0) is 67.9 Å². The maximum Gasteiger partial charge on any atom is 0.00104 e. The molecule has 1 aliphatic carbocycles. The fraction of sp³-hybridized carbons (Fsp3) is 1.00. The molecule has 108 valence electrons. The van der Waals surface area contributed by atoms with E-state index in [9.17, 15) is 0 Å². The van der Waals surface area contributed by atoms with Gasteiger partial charge in [0.25, 0.3) is 0 Å². The molecule has 1 N–H and O–H groups in total. The Balaban J connectivity index is 2.45. The average molecular weight is 272 g/mol. The molecule has 1 rings (SSSR count). The molecule has 2 unspecified atom stereocenters. The Bertz CT molecular complexity index is 223. The van der Waals surface area contributed by atoms with Gasteiger partial charge in [0.05, 0.1) is 0 Å². The van der Waals surface area contributed by atoms with Crippen molar-refractivity contribution in [2.75, 3.05) is 18.6 Å². The molecular formula is C16H33NS. The average Bonchev–Trinajstić information content (AvgIpc) is 2.27. The number of hydrogen-bond donors (Lipinski definition) is 1. The second-order valence-electron chi connectivity index (χ2n) is 7.13. The highest BCUT2D eigenvalue weighted by Gasteiger charge is 2.34. The quantitative estimate of drug-likeness (QED) is 0.681. The minimum Gasteiger partial charge on any atom is -0.314 e. The molecule has 0 amide bonds. The third-order valence-corrected chi connectivity index (χ3v) is 5.08. The van der Waals surface area contributed by atoms with Crippen molar-refractivity contribution < 1.29 is 0 Å². The third kappa shape index (κ3) is 5.97. The van der Waals surface area contributed by atoms with Crippen molar-refractivity contribution in [2.24, 2.45) is 17.3 Å². The van der Waals surface area contributed by atoms with Gasteiger partial charge in [-0.3, -0.25) is 0 Å². The lowest BCUT2D eigenvalue weighted by atomic mass is 9.66. The normalized spacial score (nSPS) is 27.7. The van der Waals surface area contributed by atoms with Crippen LogP contribution in [0.4, 0.5) is 0 Å². The van der Waals surface area contributed by atoms with Crippen molar-refractivity contribution in [2.45, 2.75) is 65.8 Å². The Morgan fingerprint density at radius 3 is 2.61 bits per heavy atom. The van der Waals surface area contributed by atoms with E-state index in [0.717, 1.165) is 11.8 Å². The molecule has 1 fully saturated rings. The van der Waals surface area contributed by atoms with Crippen LogP contribution in [-0.4, -0.2) is 24.6 Å². The Hall–Kier alpha value is 0.310. The topological polar surface area (TPSA) is 12.0 Å². The first-order chi connectivity index (χ1) is 8.44. The Morgan fingerprint density at radius 2 is 2.00 bits per heavy atom. The Morgan fingerprint density at radius 1 is 1.28 bits per heavy atom. The van der Waals surface area contributed by atoms with Gasteiger partial charge in [-0.1, -0.05) is 27.7 Å². The zero-order chi connectivity index (χ0) is 13.6. The zero-order valence-electron chi connectivity index (χ0n) is 13.1. The van der Waals surface area contributed by atoms with Crippen molar-refractivity contribution in [3.63, 3.8) is 0 Å². The van der Waals surface area contributed by atoms with Crippen LogP contribution in [0, 0.1) is 17.3 Å². The third-order valence-electron chi connectivity index (χ3n) is 4.39. The molecule has 1 aliphatic rings. The molecule has 0 radical (unpaired) electrons. The molecule has 2 heteroatoms. The van der Waals surface area contributed by atoms with Crippen LogP contribution >= 0.6 is 11.8 Å². The maximum atomic E-state index is 3.66. The van der Waals surface area contributed by atoms with Gasteiger partial charge in [0, 0.05) is 6.04 Å². The number of rotatable bonds is 7. The number of hydrogen-bond acceptors (Lipinski definition) is 2. The standard InChI is InChI=1S/C16H33NS/c1-13(2)17-12-15-8-9-16(3,4)11-14(15)7-6-10-18-5/h13-15,17H,6-12H2,1-5H3. The van der Waals surface area contributed by atoms with Crippen molar-refractivity contribution in [3.8, 4) is 0 Å². The predicted octanol–water partition coefficient (Wildman–Crippen LogP) is 4.57. The highest BCUT2D eigenvalue weighted by atomic mass is 32.2. The van der Waals surface area contributed by atoms with Gasteiger partial charge >= 0.3 is 0 Å². The van der Waals surface area contributed by atoms with Crippen molar-refractivity contribution >= 4 is 11.8 Å². The van der Waals surface area contributed by atoms with E-state index >= 15 is 0 Å². The van der Waals surface area contributed by atoms with E-state index in [2.05, 4.69) is 39.3 Å². The van der Waals surface area contributed by atoms with Crippen LogP contribution in [0.15, 0.2) is 0 Å². The monoisotopic (exact) mass is 271 g/mol. The van der Waals surface area contributed by atoms with Gasteiger partial charge in [0.2, 0.25) is 0 Å². The molecule has 2 atom stereocenters. The summed E-state index contributed by atoms with van der Waals surface area (Å²) in [6, 6.07) is 0.631. The smallest absolute Gasteiger partial charge is 0.00104 e. The lowest BCUT2D eigenvalue weighted by molar-refractivity contribution is 0.108. The SMILES string of the molecule is CSCCCC1CC(C)(C)CCC1CNC(C)C. The fourth-order valence-corrected chi connectivity index (χ4v) is 3.73. The Labute approximate surface area is 119 Å². The van der Waals surface area contributed by atoms with E-state index < -0.39 is 0 Å². The van der Waals surface area contributed by atoms with Crippen LogP contribution in [0.5, 0.6) is 0 Å². The predicted molar refractivity (Wildman–Crippen MR) is 85.4 cm³/mol. The summed E-state index contributed by atoms with van der Waals surface area (Å²) in [6.45, 7) is 10.7. The first-order valence-corrected chi connectivity index (χ1v) is 9.06. The van der Waals surface area contributed by atoms with Gasteiger partial charge in [-0.25, -0.2) is 0 Å². The molecular weight excluding hydrogens is 238 g/mol. The molecule has 0 saturated heterocycles. The molecule has 0 aromatic rings. The van der Waals surface area contributed by atoms with Gasteiger partial charge in [-0.2, -0.15) is 11.8 Å². The summed E-state index contributed by atoms with van der Waals surface area (Å²) in [7, 11) is 0. The second-order valence-corrected chi connectivity index (χ2v) is 8.11. The lowest BCUT2D eigenvalue weighted by Crippen LogP contribution is -2.38. The summed E-state index contributed by atoms with van der Waals surface area (Å²) in [5.74, 6) is 3.20. The molecule has 0 spiro atoms. The minimum absolute atomic E-state index is 0.582. The summed E-state index contributed by atoms with van der Waals surface area (Å²) in [5, 5.41) is 3.66. The highest BCUT2D eigenvalue weighted by Crippen LogP contribution is 2.43. The zero-order valence-corrected chi connectivity index (χ0v) is 13.9. The van der Waals surface area contributed by atoms with E-state index in [1.807, 2.05) is 11.8 Å². The summed E-state index contributed by atoms with van der Waals surface area (Å²) in [4.78, 5) is 0. The summed E-state index contributed by atoms with van der Waals surface area (Å²) in [6.07, 6.45) is 9.34. The minimum atomic E-state index is 0.582. The maximum absolute atomic E-state index is 3.66. The van der Waals surface area contributed by atoms with Crippen molar-refractivity contribution in [1.82, 2.24) is 5.32 Å². The summed E-state index contributed by atoms with van der Waals surface area (Å²) in [5.41, 5.74) is 0.582. The van der Waals surface area contributed by atoms with Gasteiger partial charge in [-0.15, -0.1) is 0 Å². The van der Waals surface area contributed by atoms with E-state index in [1.54, 1.807) is 0 Å². The van der Waals surface area contributed by atoms with Crippen molar-refractivity contribution in [3.05, 3.63) is 0 Å². The van der Waals surface area contributed by atoms with Gasteiger partial charge < -0.3 is 5.32 Å². The van der Waals surface area contributed by atoms with Crippen LogP contribution in [-0.2, 0) is 0 Å². The van der Waals surface area contributed by atoms with Crippen LogP contribution < -0.4 is 5.32 Å².